The fraction of sp³-hybridized carbons (Fsp3) is 0.100. The van der Waals surface area contributed by atoms with Crippen LogP contribution < -0.4 is 10.9 Å². The average molecular weight is 374 g/mol. The first-order chi connectivity index (χ1) is 13.6. The number of aromatic nitrogens is 4. The van der Waals surface area contributed by atoms with Gasteiger partial charge in [-0.15, -0.1) is 0 Å². The summed E-state index contributed by atoms with van der Waals surface area (Å²) in [6.45, 7) is 2.02. The Labute approximate surface area is 160 Å². The zero-order valence-electron chi connectivity index (χ0n) is 15.1. The summed E-state index contributed by atoms with van der Waals surface area (Å²) in [5.74, 6) is -0.208. The van der Waals surface area contributed by atoms with E-state index in [0.717, 1.165) is 11.3 Å². The number of hydrogen-bond donors (Lipinski definition) is 3. The van der Waals surface area contributed by atoms with E-state index < -0.39 is 12.0 Å². The van der Waals surface area contributed by atoms with Crippen molar-refractivity contribution in [3.05, 3.63) is 78.2 Å². The van der Waals surface area contributed by atoms with Gasteiger partial charge in [0.2, 0.25) is 0 Å². The smallest absolute Gasteiger partial charge is 0.271 e. The highest BCUT2D eigenvalue weighted by atomic mass is 16.3. The molecule has 2 aromatic heterocycles. The number of amides is 1. The van der Waals surface area contributed by atoms with Gasteiger partial charge in [0.1, 0.15) is 6.33 Å². The third kappa shape index (κ3) is 3.40. The van der Waals surface area contributed by atoms with Crippen LogP contribution in [0.4, 0.5) is 5.82 Å². The summed E-state index contributed by atoms with van der Waals surface area (Å²) in [5, 5.41) is 15.2. The average Bonchev–Trinajstić information content (AvgIpc) is 3.17. The number of carbonyl (C=O) groups is 1. The van der Waals surface area contributed by atoms with E-state index in [-0.39, 0.29) is 0 Å². The number of hydrazine groups is 1. The summed E-state index contributed by atoms with van der Waals surface area (Å²) in [4.78, 5) is 20.7. The minimum Gasteiger partial charge on any atom is -0.378 e. The Morgan fingerprint density at radius 1 is 1.07 bits per heavy atom. The third-order valence-electron chi connectivity index (χ3n) is 4.31. The summed E-state index contributed by atoms with van der Waals surface area (Å²) in [5.41, 5.74) is 8.34. The van der Waals surface area contributed by atoms with Crippen LogP contribution in [-0.4, -0.2) is 30.8 Å². The first kappa shape index (κ1) is 17.6. The Balaban J connectivity index is 1.55. The van der Waals surface area contributed by atoms with E-state index in [1.54, 1.807) is 35.1 Å². The number of aliphatic hydroxyl groups excluding tert-OH is 1. The van der Waals surface area contributed by atoms with Crippen LogP contribution in [-0.2, 0) is 4.79 Å². The minimum absolute atomic E-state index is 0.386. The van der Waals surface area contributed by atoms with E-state index in [1.807, 2.05) is 37.3 Å². The second-order valence-corrected chi connectivity index (χ2v) is 6.28. The van der Waals surface area contributed by atoms with Crippen molar-refractivity contribution in [2.24, 2.45) is 0 Å². The van der Waals surface area contributed by atoms with Crippen LogP contribution in [0.3, 0.4) is 0 Å². The van der Waals surface area contributed by atoms with Crippen molar-refractivity contribution in [3.63, 3.8) is 0 Å². The topological polar surface area (TPSA) is 105 Å². The molecular weight excluding hydrogens is 356 g/mol. The summed E-state index contributed by atoms with van der Waals surface area (Å²) in [6.07, 6.45) is 1.72. The number of nitrogens with one attached hydrogen (secondary N) is 2. The van der Waals surface area contributed by atoms with Gasteiger partial charge in [-0.1, -0.05) is 48.0 Å². The van der Waals surface area contributed by atoms with E-state index >= 15 is 0 Å². The lowest BCUT2D eigenvalue weighted by Crippen LogP contribution is -2.34. The molecule has 4 aromatic rings. The molecule has 1 amide bonds. The van der Waals surface area contributed by atoms with Gasteiger partial charge in [0.25, 0.3) is 5.91 Å². The monoisotopic (exact) mass is 374 g/mol. The zero-order valence-corrected chi connectivity index (χ0v) is 15.1. The van der Waals surface area contributed by atoms with Crippen LogP contribution in [0.15, 0.2) is 67.1 Å². The van der Waals surface area contributed by atoms with Gasteiger partial charge in [-0.25, -0.2) is 14.6 Å². The Kier molecular flexibility index (Phi) is 4.69. The van der Waals surface area contributed by atoms with Crippen molar-refractivity contribution < 1.29 is 9.90 Å². The van der Waals surface area contributed by atoms with E-state index in [1.165, 1.54) is 6.33 Å². The van der Waals surface area contributed by atoms with Gasteiger partial charge in [0.05, 0.1) is 17.3 Å². The van der Waals surface area contributed by atoms with Crippen LogP contribution in [0.5, 0.6) is 0 Å². The number of aliphatic hydroxyl groups is 1. The number of anilines is 1. The number of carbonyl (C=O) groups excluding carboxylic acids is 1. The molecule has 2 heterocycles. The van der Waals surface area contributed by atoms with Crippen molar-refractivity contribution in [1.29, 1.82) is 0 Å². The summed E-state index contributed by atoms with van der Waals surface area (Å²) in [6, 6.07) is 16.6. The number of aryl methyl sites for hydroxylation is 1. The van der Waals surface area contributed by atoms with E-state index in [9.17, 15) is 9.90 Å². The van der Waals surface area contributed by atoms with Crippen molar-refractivity contribution in [1.82, 2.24) is 25.2 Å². The molecule has 0 aliphatic rings. The summed E-state index contributed by atoms with van der Waals surface area (Å²) in [7, 11) is 0. The number of fused-ring (bicyclic) bond motifs is 1. The first-order valence-corrected chi connectivity index (χ1v) is 8.68. The van der Waals surface area contributed by atoms with Gasteiger partial charge in [-0.3, -0.25) is 15.6 Å². The molecule has 0 aliphatic heterocycles. The second-order valence-electron chi connectivity index (χ2n) is 6.28. The predicted octanol–water partition coefficient (Wildman–Crippen LogP) is 2.30. The molecule has 4 rings (SSSR count). The Morgan fingerprint density at radius 2 is 1.82 bits per heavy atom. The molecule has 3 N–H and O–H groups in total. The van der Waals surface area contributed by atoms with E-state index in [0.29, 0.717) is 22.4 Å². The molecule has 0 bridgehead atoms. The Bertz CT molecular complexity index is 1110. The van der Waals surface area contributed by atoms with Crippen molar-refractivity contribution in [3.8, 4) is 5.69 Å². The summed E-state index contributed by atoms with van der Waals surface area (Å²) >= 11 is 0. The highest BCUT2D eigenvalue weighted by Crippen LogP contribution is 2.21. The molecule has 0 saturated carbocycles. The first-order valence-electron chi connectivity index (χ1n) is 8.68. The van der Waals surface area contributed by atoms with Crippen LogP contribution in [0.2, 0.25) is 0 Å². The lowest BCUT2D eigenvalue weighted by Gasteiger charge is -2.13. The normalized spacial score (nSPS) is 11.9. The third-order valence-corrected chi connectivity index (χ3v) is 4.31. The zero-order chi connectivity index (χ0) is 19.5. The molecule has 1 atom stereocenters. The molecule has 28 heavy (non-hydrogen) atoms. The molecule has 0 radical (unpaired) electrons. The molecule has 8 heteroatoms. The molecule has 0 aliphatic carbocycles. The highest BCUT2D eigenvalue weighted by Gasteiger charge is 2.18. The minimum atomic E-state index is -1.29. The van der Waals surface area contributed by atoms with Crippen LogP contribution >= 0.6 is 0 Å². The van der Waals surface area contributed by atoms with Crippen molar-refractivity contribution in [2.45, 2.75) is 13.0 Å². The predicted molar refractivity (Wildman–Crippen MR) is 105 cm³/mol. The fourth-order valence-electron chi connectivity index (χ4n) is 2.79. The second kappa shape index (κ2) is 7.45. The van der Waals surface area contributed by atoms with Crippen molar-refractivity contribution >= 4 is 22.8 Å². The lowest BCUT2D eigenvalue weighted by atomic mass is 10.1. The molecule has 8 nitrogen and oxygen atoms in total. The molecule has 2 aromatic carbocycles. The maximum atomic E-state index is 12.2. The SMILES string of the molecule is Cc1ccc(-n2ncc3c(NNC(=O)[C@H](O)c4ccccc4)ncnc32)cc1. The molecule has 0 spiro atoms. The molecule has 0 fully saturated rings. The van der Waals surface area contributed by atoms with Crippen LogP contribution in [0, 0.1) is 6.92 Å². The van der Waals surface area contributed by atoms with Crippen LogP contribution in [0.25, 0.3) is 16.7 Å². The number of rotatable bonds is 5. The number of benzene rings is 2. The molecular formula is C20H18N6O2. The maximum Gasteiger partial charge on any atom is 0.271 e. The highest BCUT2D eigenvalue weighted by molar-refractivity contribution is 5.89. The Hall–Kier alpha value is -3.78. The van der Waals surface area contributed by atoms with Gasteiger partial charge in [0.15, 0.2) is 17.6 Å². The van der Waals surface area contributed by atoms with Gasteiger partial charge >= 0.3 is 0 Å². The number of nitrogens with zero attached hydrogens (tertiary/aromatic N) is 4. The van der Waals surface area contributed by atoms with E-state index in [4.69, 9.17) is 0 Å². The standard InChI is InChI=1S/C20H18N6O2/c1-13-7-9-15(10-8-13)26-19-16(11-23-26)18(21-12-22-19)24-25-20(28)17(27)14-5-3-2-4-6-14/h2-12,17,27H,1H3,(H,25,28)(H,21,22,24)/t17-/m1/s1. The largest absolute Gasteiger partial charge is 0.378 e. The van der Waals surface area contributed by atoms with Crippen LogP contribution in [0.1, 0.15) is 17.2 Å². The molecule has 140 valence electrons. The van der Waals surface area contributed by atoms with E-state index in [2.05, 4.69) is 25.9 Å². The van der Waals surface area contributed by atoms with Crippen molar-refractivity contribution in [2.75, 3.05) is 5.43 Å². The van der Waals surface area contributed by atoms with Gasteiger partial charge in [-0.2, -0.15) is 5.10 Å². The Morgan fingerprint density at radius 3 is 2.57 bits per heavy atom. The van der Waals surface area contributed by atoms with Gasteiger partial charge in [0, 0.05) is 0 Å². The number of hydrogen-bond acceptors (Lipinski definition) is 6. The van der Waals surface area contributed by atoms with Gasteiger partial charge < -0.3 is 5.11 Å². The molecule has 0 saturated heterocycles. The fourth-order valence-corrected chi connectivity index (χ4v) is 2.79. The maximum absolute atomic E-state index is 12.2. The molecule has 0 unspecified atom stereocenters. The summed E-state index contributed by atoms with van der Waals surface area (Å²) < 4.78 is 1.70. The lowest BCUT2D eigenvalue weighted by molar-refractivity contribution is -0.129. The van der Waals surface area contributed by atoms with Gasteiger partial charge in [-0.05, 0) is 24.6 Å². The quantitative estimate of drug-likeness (QED) is 0.463.